The predicted octanol–water partition coefficient (Wildman–Crippen LogP) is 7.13. The lowest BCUT2D eigenvalue weighted by Gasteiger charge is -2.13. The molecule has 1 amide bonds. The van der Waals surface area contributed by atoms with Gasteiger partial charge in [0.1, 0.15) is 27.0 Å². The van der Waals surface area contributed by atoms with Gasteiger partial charge < -0.3 is 10.1 Å². The maximum Gasteiger partial charge on any atom is 0.348 e. The zero-order valence-electron chi connectivity index (χ0n) is 22.3. The molecule has 7 nitrogen and oxygen atoms in total. The molecule has 9 heteroatoms. The lowest BCUT2D eigenvalue weighted by Crippen LogP contribution is -2.12. The van der Waals surface area contributed by atoms with Crippen molar-refractivity contribution in [2.45, 2.75) is 32.2 Å². The molecule has 1 N–H and O–H groups in total. The normalized spacial score (nSPS) is 10.4. The molecule has 0 fully saturated rings. The first-order valence-corrected chi connectivity index (χ1v) is 14.4. The third-order valence-corrected chi connectivity index (χ3v) is 8.23. The molecule has 2 aromatic carbocycles. The molecule has 0 saturated heterocycles. The predicted molar refractivity (Wildman–Crippen MR) is 158 cm³/mol. The number of amides is 1. The molecule has 0 spiro atoms. The number of benzene rings is 2. The van der Waals surface area contributed by atoms with Crippen molar-refractivity contribution >= 4 is 40.0 Å². The Kier molecular flexibility index (Phi) is 9.34. The fourth-order valence-electron chi connectivity index (χ4n) is 4.01. The number of nitriles is 2. The summed E-state index contributed by atoms with van der Waals surface area (Å²) in [5.41, 5.74) is 5.67. The highest BCUT2D eigenvalue weighted by atomic mass is 32.2. The van der Waals surface area contributed by atoms with Crippen molar-refractivity contribution < 1.29 is 14.3 Å². The van der Waals surface area contributed by atoms with Crippen molar-refractivity contribution in [2.75, 3.05) is 17.7 Å². The Morgan fingerprint density at radius 3 is 2.35 bits per heavy atom. The fraction of sp³-hybridized carbons (Fsp3) is 0.194. The van der Waals surface area contributed by atoms with Crippen molar-refractivity contribution in [3.8, 4) is 34.5 Å². The van der Waals surface area contributed by atoms with Crippen LogP contribution in [0.2, 0.25) is 0 Å². The number of anilines is 1. The number of aryl methyl sites for hydroxylation is 1. The van der Waals surface area contributed by atoms with Crippen LogP contribution in [0.25, 0.3) is 22.4 Å². The average Bonchev–Trinajstić information content (AvgIpc) is 3.28. The first-order valence-electron chi connectivity index (χ1n) is 12.6. The lowest BCUT2D eigenvalue weighted by atomic mass is 9.98. The van der Waals surface area contributed by atoms with Crippen LogP contribution in [0.15, 0.2) is 65.7 Å². The van der Waals surface area contributed by atoms with Crippen molar-refractivity contribution in [1.82, 2.24) is 4.98 Å². The van der Waals surface area contributed by atoms with E-state index < -0.39 is 5.97 Å². The van der Waals surface area contributed by atoms with Gasteiger partial charge >= 0.3 is 5.97 Å². The van der Waals surface area contributed by atoms with Crippen molar-refractivity contribution in [1.29, 1.82) is 10.5 Å². The number of rotatable bonds is 9. The number of nitrogens with zero attached hydrogens (tertiary/aromatic N) is 3. The van der Waals surface area contributed by atoms with Crippen LogP contribution in [0.4, 0.5) is 5.00 Å². The summed E-state index contributed by atoms with van der Waals surface area (Å²) >= 11 is 2.36. The number of hydrogen-bond donors (Lipinski definition) is 1. The molecule has 4 rings (SSSR count). The molecule has 0 unspecified atom stereocenters. The second-order valence-corrected chi connectivity index (χ2v) is 10.9. The molecule has 0 atom stereocenters. The zero-order chi connectivity index (χ0) is 28.6. The number of thiophene rings is 1. The van der Waals surface area contributed by atoms with Crippen molar-refractivity contribution in [3.05, 3.63) is 87.8 Å². The third-order valence-electron chi connectivity index (χ3n) is 6.07. The van der Waals surface area contributed by atoms with E-state index in [-0.39, 0.29) is 24.5 Å². The first kappa shape index (κ1) is 28.6. The standard InChI is InChI=1S/C31H26N4O3S2/c1-4-38-31(37)28-20(3)24(17-32)30(40-28)35-27(36)14-15-39-29-25(18-33)23(21-12-10-19(2)11-13-21)16-26(34-29)22-8-6-5-7-9-22/h5-13,16H,4,14-15H2,1-3H3,(H,35,36). The molecule has 0 saturated carbocycles. The molecule has 0 radical (unpaired) electrons. The number of carbonyl (C=O) groups is 2. The van der Waals surface area contributed by atoms with Gasteiger partial charge in [0.2, 0.25) is 5.91 Å². The smallest absolute Gasteiger partial charge is 0.348 e. The molecule has 0 bridgehead atoms. The number of pyridine rings is 1. The van der Waals surface area contributed by atoms with Crippen LogP contribution in [-0.2, 0) is 9.53 Å². The Hall–Kier alpha value is -4.44. The molecule has 0 aliphatic rings. The van der Waals surface area contributed by atoms with Crippen LogP contribution in [0.3, 0.4) is 0 Å². The summed E-state index contributed by atoms with van der Waals surface area (Å²) in [6.45, 7) is 5.59. The topological polar surface area (TPSA) is 116 Å². The molecule has 0 aliphatic carbocycles. The van der Waals surface area contributed by atoms with E-state index in [1.807, 2.05) is 67.6 Å². The summed E-state index contributed by atoms with van der Waals surface area (Å²) < 4.78 is 5.06. The molecule has 0 aliphatic heterocycles. The number of aromatic nitrogens is 1. The molecule has 40 heavy (non-hydrogen) atoms. The lowest BCUT2D eigenvalue weighted by molar-refractivity contribution is -0.115. The van der Waals surface area contributed by atoms with E-state index in [2.05, 4.69) is 17.5 Å². The molecule has 200 valence electrons. The van der Waals surface area contributed by atoms with Crippen LogP contribution >= 0.6 is 23.1 Å². The Labute approximate surface area is 241 Å². The van der Waals surface area contributed by atoms with Gasteiger partial charge in [-0.15, -0.1) is 23.1 Å². The minimum absolute atomic E-state index is 0.114. The number of nitrogens with one attached hydrogen (secondary N) is 1. The van der Waals surface area contributed by atoms with E-state index in [9.17, 15) is 20.1 Å². The van der Waals surface area contributed by atoms with Gasteiger partial charge in [-0.3, -0.25) is 4.79 Å². The summed E-state index contributed by atoms with van der Waals surface area (Å²) in [5.74, 6) is -0.469. The minimum atomic E-state index is -0.518. The van der Waals surface area contributed by atoms with Crippen LogP contribution in [0.1, 0.15) is 45.3 Å². The second kappa shape index (κ2) is 13.1. The van der Waals surface area contributed by atoms with Gasteiger partial charge in [0.25, 0.3) is 0 Å². The number of ether oxygens (including phenoxy) is 1. The highest BCUT2D eigenvalue weighted by Gasteiger charge is 2.22. The van der Waals surface area contributed by atoms with E-state index in [4.69, 9.17) is 9.72 Å². The quantitative estimate of drug-likeness (QED) is 0.169. The average molecular weight is 567 g/mol. The van der Waals surface area contributed by atoms with Crippen LogP contribution in [-0.4, -0.2) is 29.2 Å². The molecule has 2 aromatic heterocycles. The highest BCUT2D eigenvalue weighted by molar-refractivity contribution is 7.99. The van der Waals surface area contributed by atoms with Crippen LogP contribution < -0.4 is 5.32 Å². The zero-order valence-corrected chi connectivity index (χ0v) is 23.9. The Bertz CT molecular complexity index is 1630. The molecule has 4 aromatic rings. The SMILES string of the molecule is CCOC(=O)c1sc(NC(=O)CCSc2nc(-c3ccccc3)cc(-c3ccc(C)cc3)c2C#N)c(C#N)c1C. The summed E-state index contributed by atoms with van der Waals surface area (Å²) in [5, 5.41) is 23.3. The van der Waals surface area contributed by atoms with Gasteiger partial charge in [-0.2, -0.15) is 10.5 Å². The molecular formula is C31H26N4O3S2. The van der Waals surface area contributed by atoms with E-state index in [1.165, 1.54) is 11.8 Å². The third kappa shape index (κ3) is 6.40. The minimum Gasteiger partial charge on any atom is -0.462 e. The summed E-state index contributed by atoms with van der Waals surface area (Å²) in [4.78, 5) is 30.1. The van der Waals surface area contributed by atoms with Gasteiger partial charge in [0.05, 0.1) is 23.4 Å². The molecular weight excluding hydrogens is 541 g/mol. The largest absolute Gasteiger partial charge is 0.462 e. The molecule has 2 heterocycles. The summed E-state index contributed by atoms with van der Waals surface area (Å²) in [6.07, 6.45) is 0.114. The van der Waals surface area contributed by atoms with Crippen molar-refractivity contribution in [2.24, 2.45) is 0 Å². The number of carbonyl (C=O) groups excluding carboxylic acids is 2. The van der Waals surface area contributed by atoms with Gasteiger partial charge in [-0.25, -0.2) is 9.78 Å². The number of esters is 1. The summed E-state index contributed by atoms with van der Waals surface area (Å²) in [6, 6.07) is 24.0. The maximum absolute atomic E-state index is 12.8. The monoisotopic (exact) mass is 566 g/mol. The van der Waals surface area contributed by atoms with Crippen molar-refractivity contribution in [3.63, 3.8) is 0 Å². The Morgan fingerprint density at radius 2 is 1.70 bits per heavy atom. The van der Waals surface area contributed by atoms with E-state index in [0.29, 0.717) is 31.8 Å². The van der Waals surface area contributed by atoms with Crippen LogP contribution in [0, 0.1) is 36.5 Å². The van der Waals surface area contributed by atoms with Gasteiger partial charge in [0, 0.05) is 23.3 Å². The number of hydrogen-bond acceptors (Lipinski definition) is 8. The Balaban J connectivity index is 1.56. The van der Waals surface area contributed by atoms with E-state index in [0.717, 1.165) is 39.3 Å². The van der Waals surface area contributed by atoms with E-state index >= 15 is 0 Å². The second-order valence-electron chi connectivity index (χ2n) is 8.82. The highest BCUT2D eigenvalue weighted by Crippen LogP contribution is 2.35. The number of thioether (sulfide) groups is 1. The van der Waals surface area contributed by atoms with Gasteiger partial charge in [-0.1, -0.05) is 60.2 Å². The van der Waals surface area contributed by atoms with E-state index in [1.54, 1.807) is 13.8 Å². The fourth-order valence-corrected chi connectivity index (χ4v) is 6.02. The van der Waals surface area contributed by atoms with Gasteiger partial charge in [-0.05, 0) is 38.0 Å². The maximum atomic E-state index is 12.8. The van der Waals surface area contributed by atoms with Gasteiger partial charge in [0.15, 0.2) is 0 Å². The summed E-state index contributed by atoms with van der Waals surface area (Å²) in [7, 11) is 0. The van der Waals surface area contributed by atoms with Crippen LogP contribution in [0.5, 0.6) is 0 Å². The Morgan fingerprint density at radius 1 is 1.00 bits per heavy atom. The first-order chi connectivity index (χ1) is 19.4.